The van der Waals surface area contributed by atoms with Crippen LogP contribution in [0.4, 0.5) is 0 Å². The second-order valence-electron chi connectivity index (χ2n) is 3.94. The molecule has 0 fully saturated rings. The van der Waals surface area contributed by atoms with Gasteiger partial charge in [-0.1, -0.05) is 13.0 Å². The average Bonchev–Trinajstić information content (AvgIpc) is 2.28. The molecule has 1 aromatic carbocycles. The molecular weight excluding hydrogens is 218 g/mol. The van der Waals surface area contributed by atoms with Crippen LogP contribution in [0, 0.1) is 25.2 Å². The van der Waals surface area contributed by atoms with Gasteiger partial charge in [-0.15, -0.1) is 0 Å². The zero-order chi connectivity index (χ0) is 12.1. The van der Waals surface area contributed by atoms with Crippen LogP contribution in [-0.2, 0) is 10.8 Å². The molecule has 2 nitrogen and oxygen atoms in total. The van der Waals surface area contributed by atoms with Crippen LogP contribution >= 0.6 is 0 Å². The average molecular weight is 235 g/mol. The highest BCUT2D eigenvalue weighted by Gasteiger charge is 2.16. The molecule has 0 radical (unpaired) electrons. The first-order valence-electron chi connectivity index (χ1n) is 5.45. The number of hydrogen-bond donors (Lipinski definition) is 0. The largest absolute Gasteiger partial charge is 0.254 e. The quantitative estimate of drug-likeness (QED) is 0.804. The summed E-state index contributed by atoms with van der Waals surface area (Å²) in [5, 5.41) is 8.63. The molecule has 0 spiro atoms. The van der Waals surface area contributed by atoms with Gasteiger partial charge in [0.25, 0.3) is 0 Å². The van der Waals surface area contributed by atoms with Gasteiger partial charge in [-0.3, -0.25) is 4.21 Å². The van der Waals surface area contributed by atoms with Crippen LogP contribution in [0.1, 0.15) is 30.9 Å². The minimum absolute atomic E-state index is 0.0490. The molecule has 0 N–H and O–H groups in total. The van der Waals surface area contributed by atoms with Gasteiger partial charge in [-0.2, -0.15) is 5.26 Å². The SMILES string of the molecule is CCC(CC#N)S(=O)c1ccc(C)c(C)c1. The van der Waals surface area contributed by atoms with Gasteiger partial charge in [0, 0.05) is 11.3 Å². The summed E-state index contributed by atoms with van der Waals surface area (Å²) in [5.74, 6) is 0. The summed E-state index contributed by atoms with van der Waals surface area (Å²) in [7, 11) is -1.06. The molecule has 0 aliphatic carbocycles. The fraction of sp³-hybridized carbons (Fsp3) is 0.462. The smallest absolute Gasteiger partial charge is 0.0634 e. The van der Waals surface area contributed by atoms with E-state index in [2.05, 4.69) is 6.07 Å². The summed E-state index contributed by atoms with van der Waals surface area (Å²) >= 11 is 0. The first kappa shape index (κ1) is 12.9. The molecule has 0 saturated carbocycles. The van der Waals surface area contributed by atoms with E-state index in [9.17, 15) is 4.21 Å². The van der Waals surface area contributed by atoms with Crippen molar-refractivity contribution in [2.24, 2.45) is 0 Å². The Morgan fingerprint density at radius 1 is 1.38 bits per heavy atom. The molecule has 3 heteroatoms. The van der Waals surface area contributed by atoms with Gasteiger partial charge in [0.2, 0.25) is 0 Å². The Hall–Kier alpha value is -1.14. The van der Waals surface area contributed by atoms with E-state index in [1.165, 1.54) is 5.56 Å². The van der Waals surface area contributed by atoms with E-state index < -0.39 is 10.8 Å². The minimum Gasteiger partial charge on any atom is -0.254 e. The molecular formula is C13H17NOS. The molecule has 0 bridgehead atoms. The number of nitrogens with zero attached hydrogens (tertiary/aromatic N) is 1. The lowest BCUT2D eigenvalue weighted by atomic mass is 10.1. The molecule has 1 rings (SSSR count). The first-order chi connectivity index (χ1) is 7.60. The van der Waals surface area contributed by atoms with Crippen LogP contribution in [0.2, 0.25) is 0 Å². The molecule has 1 aromatic rings. The first-order valence-corrected chi connectivity index (χ1v) is 6.66. The highest BCUT2D eigenvalue weighted by atomic mass is 32.2. The van der Waals surface area contributed by atoms with Crippen molar-refractivity contribution in [3.8, 4) is 6.07 Å². The summed E-state index contributed by atoms with van der Waals surface area (Å²) in [6.45, 7) is 6.02. The van der Waals surface area contributed by atoms with E-state index >= 15 is 0 Å². The molecule has 0 aliphatic heterocycles. The van der Waals surface area contributed by atoms with Crippen LogP contribution in [0.5, 0.6) is 0 Å². The van der Waals surface area contributed by atoms with Gasteiger partial charge >= 0.3 is 0 Å². The maximum Gasteiger partial charge on any atom is 0.0634 e. The van der Waals surface area contributed by atoms with E-state index in [1.807, 2.05) is 39.0 Å². The van der Waals surface area contributed by atoms with Crippen molar-refractivity contribution in [3.63, 3.8) is 0 Å². The zero-order valence-electron chi connectivity index (χ0n) is 9.99. The Kier molecular flexibility index (Phi) is 4.70. The van der Waals surface area contributed by atoms with Crippen LogP contribution < -0.4 is 0 Å². The standard InChI is InChI=1S/C13H17NOS/c1-4-12(7-8-14)16(15)13-6-5-10(2)11(3)9-13/h5-6,9,12H,4,7H2,1-3H3. The maximum atomic E-state index is 12.2. The molecule has 0 aliphatic rings. The highest BCUT2D eigenvalue weighted by Crippen LogP contribution is 2.19. The fourth-order valence-electron chi connectivity index (χ4n) is 1.50. The lowest BCUT2D eigenvalue weighted by Gasteiger charge is -2.12. The van der Waals surface area contributed by atoms with E-state index in [1.54, 1.807) is 0 Å². The summed E-state index contributed by atoms with van der Waals surface area (Å²) in [4.78, 5) is 0.838. The summed E-state index contributed by atoms with van der Waals surface area (Å²) in [6, 6.07) is 7.96. The Balaban J connectivity index is 2.95. The molecule has 2 atom stereocenters. The molecule has 0 aromatic heterocycles. The van der Waals surface area contributed by atoms with Crippen LogP contribution in [0.15, 0.2) is 23.1 Å². The van der Waals surface area contributed by atoms with Crippen LogP contribution in [0.25, 0.3) is 0 Å². The molecule has 86 valence electrons. The molecule has 0 heterocycles. The van der Waals surface area contributed by atoms with Crippen molar-refractivity contribution >= 4 is 10.8 Å². The van der Waals surface area contributed by atoms with Crippen molar-refractivity contribution < 1.29 is 4.21 Å². The normalized spacial score (nSPS) is 14.1. The van der Waals surface area contributed by atoms with Gasteiger partial charge < -0.3 is 0 Å². The third kappa shape index (κ3) is 2.93. The molecule has 16 heavy (non-hydrogen) atoms. The Labute approximate surface area is 99.8 Å². The summed E-state index contributed by atoms with van der Waals surface area (Å²) < 4.78 is 12.2. The number of benzene rings is 1. The van der Waals surface area contributed by atoms with Crippen molar-refractivity contribution in [1.82, 2.24) is 0 Å². The van der Waals surface area contributed by atoms with Gasteiger partial charge in [-0.05, 0) is 43.5 Å². The topological polar surface area (TPSA) is 40.9 Å². The zero-order valence-corrected chi connectivity index (χ0v) is 10.8. The van der Waals surface area contributed by atoms with E-state index in [-0.39, 0.29) is 5.25 Å². The van der Waals surface area contributed by atoms with Crippen molar-refractivity contribution in [2.45, 2.75) is 43.8 Å². The number of rotatable bonds is 4. The third-order valence-electron chi connectivity index (χ3n) is 2.79. The molecule has 0 saturated heterocycles. The predicted octanol–water partition coefficient (Wildman–Crippen LogP) is 3.10. The predicted molar refractivity (Wildman–Crippen MR) is 66.6 cm³/mol. The van der Waals surface area contributed by atoms with Gasteiger partial charge in [0.15, 0.2) is 0 Å². The Morgan fingerprint density at radius 2 is 2.06 bits per heavy atom. The Bertz CT molecular complexity index is 434. The number of aryl methyl sites for hydroxylation is 2. The van der Waals surface area contributed by atoms with Gasteiger partial charge in [0.05, 0.1) is 22.1 Å². The Morgan fingerprint density at radius 3 is 2.56 bits per heavy atom. The van der Waals surface area contributed by atoms with Gasteiger partial charge in [-0.25, -0.2) is 0 Å². The van der Waals surface area contributed by atoms with E-state index in [0.717, 1.165) is 16.9 Å². The highest BCUT2D eigenvalue weighted by molar-refractivity contribution is 7.85. The molecule has 0 amide bonds. The van der Waals surface area contributed by atoms with Crippen molar-refractivity contribution in [3.05, 3.63) is 29.3 Å². The summed E-state index contributed by atoms with van der Waals surface area (Å²) in [5.41, 5.74) is 2.35. The van der Waals surface area contributed by atoms with E-state index in [0.29, 0.717) is 6.42 Å². The molecule has 2 unspecified atom stereocenters. The minimum atomic E-state index is -1.06. The van der Waals surface area contributed by atoms with Crippen molar-refractivity contribution in [2.75, 3.05) is 0 Å². The lowest BCUT2D eigenvalue weighted by molar-refractivity contribution is 0.664. The fourth-order valence-corrected chi connectivity index (χ4v) is 2.91. The summed E-state index contributed by atoms with van der Waals surface area (Å²) in [6.07, 6.45) is 1.13. The second kappa shape index (κ2) is 5.81. The van der Waals surface area contributed by atoms with Crippen LogP contribution in [-0.4, -0.2) is 9.46 Å². The third-order valence-corrected chi connectivity index (χ3v) is 4.61. The van der Waals surface area contributed by atoms with Crippen molar-refractivity contribution in [1.29, 1.82) is 5.26 Å². The van der Waals surface area contributed by atoms with E-state index in [4.69, 9.17) is 5.26 Å². The second-order valence-corrected chi connectivity index (χ2v) is 5.67. The van der Waals surface area contributed by atoms with Gasteiger partial charge in [0.1, 0.15) is 0 Å². The number of hydrogen-bond acceptors (Lipinski definition) is 2. The maximum absolute atomic E-state index is 12.2. The monoisotopic (exact) mass is 235 g/mol. The van der Waals surface area contributed by atoms with Crippen LogP contribution in [0.3, 0.4) is 0 Å². The lowest BCUT2D eigenvalue weighted by Crippen LogP contribution is -2.13. The number of nitriles is 1.